The lowest BCUT2D eigenvalue weighted by Crippen LogP contribution is -2.58. The van der Waals surface area contributed by atoms with Crippen molar-refractivity contribution in [3.8, 4) is 34.3 Å². The predicted molar refractivity (Wildman–Crippen MR) is 159 cm³/mol. The predicted octanol–water partition coefficient (Wildman–Crippen LogP) is -2.64. The van der Waals surface area contributed by atoms with Crippen molar-refractivity contribution in [1.82, 2.24) is 0 Å². The van der Waals surface area contributed by atoms with E-state index in [1.165, 1.54) is 37.3 Å². The number of hydrogen-bond donors (Lipinski definition) is 10. The van der Waals surface area contributed by atoms with E-state index < -0.39 is 115 Å². The quantitative estimate of drug-likeness (QED) is 0.115. The van der Waals surface area contributed by atoms with Gasteiger partial charge < -0.3 is 83.9 Å². The van der Waals surface area contributed by atoms with Crippen molar-refractivity contribution < 1.29 is 83.9 Å². The van der Waals surface area contributed by atoms with Gasteiger partial charge in [0.05, 0.1) is 19.3 Å². The van der Waals surface area contributed by atoms with Crippen LogP contribution in [-0.2, 0) is 18.9 Å². The fourth-order valence-electron chi connectivity index (χ4n) is 5.74. The van der Waals surface area contributed by atoms with Gasteiger partial charge in [0.25, 0.3) is 0 Å². The van der Waals surface area contributed by atoms with Gasteiger partial charge in [-0.3, -0.25) is 4.79 Å². The molecule has 0 spiro atoms. The minimum absolute atomic E-state index is 0.130. The average molecular weight is 697 g/mol. The Morgan fingerprint density at radius 3 is 2.18 bits per heavy atom. The normalized spacial score (nSPS) is 36.6. The molecule has 3 aliphatic rings. The van der Waals surface area contributed by atoms with E-state index in [9.17, 15) is 55.9 Å². The van der Waals surface area contributed by atoms with Crippen molar-refractivity contribution in [1.29, 1.82) is 0 Å². The molecule has 2 aromatic carbocycles. The highest BCUT2D eigenvalue weighted by Gasteiger charge is 2.50. The van der Waals surface area contributed by atoms with Crippen molar-refractivity contribution in [3.05, 3.63) is 46.6 Å². The van der Waals surface area contributed by atoms with E-state index in [4.69, 9.17) is 32.8 Å². The van der Waals surface area contributed by atoms with E-state index in [1.807, 2.05) is 0 Å². The minimum atomic E-state index is -1.77. The maximum absolute atomic E-state index is 14.0. The lowest BCUT2D eigenvalue weighted by atomic mass is 10.00. The van der Waals surface area contributed by atoms with Crippen LogP contribution < -0.4 is 14.9 Å². The Morgan fingerprint density at radius 2 is 1.49 bits per heavy atom. The van der Waals surface area contributed by atoms with Crippen LogP contribution in [0.2, 0.25) is 0 Å². The Morgan fingerprint density at radius 1 is 0.796 bits per heavy atom. The zero-order valence-electron chi connectivity index (χ0n) is 25.6. The summed E-state index contributed by atoms with van der Waals surface area (Å²) in [5.41, 5.74) is -1.05. The third-order valence-electron chi connectivity index (χ3n) is 8.55. The number of benzene rings is 2. The van der Waals surface area contributed by atoms with Crippen molar-refractivity contribution in [3.63, 3.8) is 0 Å². The molecule has 18 nitrogen and oxygen atoms in total. The molecule has 3 saturated heterocycles. The number of rotatable bonds is 8. The molecule has 0 saturated carbocycles. The molecule has 13 atom stereocenters. The molecular formula is C31H36O18. The van der Waals surface area contributed by atoms with Gasteiger partial charge in [-0.2, -0.15) is 0 Å². The zero-order valence-corrected chi connectivity index (χ0v) is 25.6. The fourth-order valence-corrected chi connectivity index (χ4v) is 5.74. The van der Waals surface area contributed by atoms with E-state index in [2.05, 4.69) is 0 Å². The van der Waals surface area contributed by atoms with Crippen molar-refractivity contribution in [2.24, 2.45) is 0 Å². The summed E-state index contributed by atoms with van der Waals surface area (Å²) in [7, 11) is 0. The summed E-state index contributed by atoms with van der Waals surface area (Å²) < 4.78 is 39.7. The number of phenols is 2. The number of aromatic hydroxyl groups is 2. The molecule has 0 amide bonds. The molecule has 268 valence electrons. The van der Waals surface area contributed by atoms with Crippen LogP contribution in [0, 0.1) is 0 Å². The van der Waals surface area contributed by atoms with Crippen LogP contribution >= 0.6 is 0 Å². The number of aliphatic hydroxyl groups excluding tert-OH is 8. The summed E-state index contributed by atoms with van der Waals surface area (Å²) in [4.78, 5) is 14.0. The third-order valence-corrected chi connectivity index (χ3v) is 8.55. The number of phenolic OH excluding ortho intramolecular Hbond substituents is 2. The summed E-state index contributed by atoms with van der Waals surface area (Å²) in [6.07, 6.45) is -19.8. The molecule has 0 unspecified atom stereocenters. The van der Waals surface area contributed by atoms with Gasteiger partial charge in [-0.1, -0.05) is 0 Å². The van der Waals surface area contributed by atoms with Gasteiger partial charge in [0.2, 0.25) is 23.8 Å². The summed E-state index contributed by atoms with van der Waals surface area (Å²) >= 11 is 0. The molecule has 0 radical (unpaired) electrons. The van der Waals surface area contributed by atoms with Crippen molar-refractivity contribution in [2.75, 3.05) is 13.2 Å². The molecule has 18 heteroatoms. The fraction of sp³-hybridized carbons (Fsp3) is 0.516. The Balaban J connectivity index is 1.38. The number of ether oxygens (including phenoxy) is 6. The zero-order chi connectivity index (χ0) is 35.3. The molecule has 10 N–H and O–H groups in total. The number of hydrogen-bond acceptors (Lipinski definition) is 18. The first-order chi connectivity index (χ1) is 23.3. The van der Waals surface area contributed by atoms with Gasteiger partial charge in [0.1, 0.15) is 77.0 Å². The lowest BCUT2D eigenvalue weighted by molar-refractivity contribution is -0.298. The van der Waals surface area contributed by atoms with Gasteiger partial charge in [-0.05, 0) is 31.2 Å². The molecular weight excluding hydrogens is 660 g/mol. The first kappa shape index (κ1) is 35.2. The molecule has 3 fully saturated rings. The summed E-state index contributed by atoms with van der Waals surface area (Å²) in [6.45, 7) is 0.284. The van der Waals surface area contributed by atoms with Gasteiger partial charge >= 0.3 is 0 Å². The first-order valence-electron chi connectivity index (χ1n) is 15.2. The van der Waals surface area contributed by atoms with E-state index in [-0.39, 0.29) is 28.4 Å². The van der Waals surface area contributed by atoms with Crippen LogP contribution in [-0.4, -0.2) is 144 Å². The molecule has 0 bridgehead atoms. The monoisotopic (exact) mass is 696 g/mol. The van der Waals surface area contributed by atoms with Gasteiger partial charge in [0.15, 0.2) is 18.2 Å². The van der Waals surface area contributed by atoms with E-state index in [0.717, 1.165) is 6.07 Å². The van der Waals surface area contributed by atoms with Crippen LogP contribution in [0.3, 0.4) is 0 Å². The standard InChI is InChI=1S/C31H36O18/c1-10-19(36)23(40)25(42)30(44-10)45-13-6-14(34)18-16(7-13)46-26(11-2-4-12(33)5-3-11)27(22(18)39)48-31-28(21(38)17(8-32)47-31)49-29-24(41)20(37)15(35)9-43-29/h2-7,10,15,17,19-21,23-25,28-38,40-42H,8-9H2,1H3/t10-,15+,17-,19-,20-,21-,23+,24+,25+,28+,29-,30-,31-/m0/s1. The molecule has 4 heterocycles. The van der Waals surface area contributed by atoms with E-state index in [0.29, 0.717) is 0 Å². The Bertz CT molecular complexity index is 1680. The second-order valence-electron chi connectivity index (χ2n) is 11.9. The largest absolute Gasteiger partial charge is 0.508 e. The van der Waals surface area contributed by atoms with Crippen LogP contribution in [0.4, 0.5) is 0 Å². The number of aliphatic hydroxyl groups is 8. The SMILES string of the molecule is C[C@@H]1O[C@@H](Oc2cc(O)c3c(=O)c(O[C@@H]4O[C@@H](CO)[C@H](O)[C@H]4O[C@@H]4OC[C@@H](O)[C@H](O)[C@H]4O)c(-c4ccc(O)cc4)oc3c2)[C@H](O)[C@H](O)[C@H]1O. The molecule has 49 heavy (non-hydrogen) atoms. The van der Waals surface area contributed by atoms with Gasteiger partial charge in [-0.25, -0.2) is 0 Å². The molecule has 6 rings (SSSR count). The molecule has 1 aromatic heterocycles. The van der Waals surface area contributed by atoms with Crippen LogP contribution in [0.15, 0.2) is 45.6 Å². The third kappa shape index (κ3) is 6.66. The summed E-state index contributed by atoms with van der Waals surface area (Å²) in [5, 5.41) is 102. The molecule has 0 aliphatic carbocycles. The molecule has 3 aromatic rings. The van der Waals surface area contributed by atoms with Gasteiger partial charge in [-0.15, -0.1) is 0 Å². The highest BCUT2D eigenvalue weighted by Crippen LogP contribution is 2.39. The highest BCUT2D eigenvalue weighted by molar-refractivity contribution is 5.88. The second kappa shape index (κ2) is 13.9. The van der Waals surface area contributed by atoms with Crippen molar-refractivity contribution >= 4 is 11.0 Å². The Labute approximate surface area is 276 Å². The lowest BCUT2D eigenvalue weighted by Gasteiger charge is -2.38. The van der Waals surface area contributed by atoms with Crippen LogP contribution in [0.1, 0.15) is 6.92 Å². The van der Waals surface area contributed by atoms with Gasteiger partial charge in [0, 0.05) is 17.7 Å². The maximum Gasteiger partial charge on any atom is 0.239 e. The number of fused-ring (bicyclic) bond motifs is 1. The first-order valence-corrected chi connectivity index (χ1v) is 15.2. The van der Waals surface area contributed by atoms with E-state index >= 15 is 0 Å². The average Bonchev–Trinajstić information content (AvgIpc) is 3.37. The maximum atomic E-state index is 14.0. The Kier molecular flexibility index (Phi) is 10.0. The summed E-state index contributed by atoms with van der Waals surface area (Å²) in [5.74, 6) is -1.83. The molecule has 3 aliphatic heterocycles. The van der Waals surface area contributed by atoms with E-state index in [1.54, 1.807) is 0 Å². The Hall–Kier alpha value is -3.63. The highest BCUT2D eigenvalue weighted by atomic mass is 16.8. The van der Waals surface area contributed by atoms with Crippen molar-refractivity contribution in [2.45, 2.75) is 86.8 Å². The van der Waals surface area contributed by atoms with Crippen LogP contribution in [0.25, 0.3) is 22.3 Å². The summed E-state index contributed by atoms with van der Waals surface area (Å²) in [6, 6.07) is 7.52. The topological polar surface area (TPSA) is 288 Å². The van der Waals surface area contributed by atoms with Crippen LogP contribution in [0.5, 0.6) is 23.0 Å². The smallest absolute Gasteiger partial charge is 0.239 e. The minimum Gasteiger partial charge on any atom is -0.508 e. The second-order valence-corrected chi connectivity index (χ2v) is 11.9.